The molecule has 0 bridgehead atoms. The number of hydrogen-bond donors (Lipinski definition) is 2. The van der Waals surface area contributed by atoms with Crippen LogP contribution in [0, 0.1) is 20.8 Å². The van der Waals surface area contributed by atoms with E-state index in [9.17, 15) is 18.0 Å². The number of aromatic nitrogens is 2. The zero-order valence-corrected chi connectivity index (χ0v) is 20.0. The summed E-state index contributed by atoms with van der Waals surface area (Å²) in [6.45, 7) is 5.37. The van der Waals surface area contributed by atoms with Gasteiger partial charge in [0.15, 0.2) is 0 Å². The van der Waals surface area contributed by atoms with Gasteiger partial charge in [0.1, 0.15) is 10.7 Å². The Kier molecular flexibility index (Phi) is 6.11. The first kappa shape index (κ1) is 23.4. The van der Waals surface area contributed by atoms with Crippen molar-refractivity contribution in [1.29, 1.82) is 0 Å². The lowest BCUT2D eigenvalue weighted by Gasteiger charge is -2.15. The van der Waals surface area contributed by atoms with E-state index in [4.69, 9.17) is 11.6 Å². The number of benzene rings is 2. The Morgan fingerprint density at radius 2 is 1.44 bits per heavy atom. The molecule has 9 nitrogen and oxygen atoms in total. The van der Waals surface area contributed by atoms with Gasteiger partial charge in [-0.3, -0.25) is 9.59 Å². The molecule has 2 amide bonds. The molecule has 0 atom stereocenters. The van der Waals surface area contributed by atoms with Crippen LogP contribution in [0.1, 0.15) is 17.0 Å². The summed E-state index contributed by atoms with van der Waals surface area (Å²) >= 11 is 6.15. The van der Waals surface area contributed by atoms with Gasteiger partial charge in [-0.1, -0.05) is 29.3 Å². The molecule has 2 aromatic carbocycles. The average molecular weight is 498 g/mol. The lowest BCUT2D eigenvalue weighted by Crippen LogP contribution is -2.32. The van der Waals surface area contributed by atoms with E-state index in [-0.39, 0.29) is 21.6 Å². The van der Waals surface area contributed by atoms with E-state index in [0.717, 1.165) is 10.5 Å². The first-order valence-electron chi connectivity index (χ1n) is 10.1. The summed E-state index contributed by atoms with van der Waals surface area (Å²) in [5.41, 5.74) is 2.92. The van der Waals surface area contributed by atoms with Crippen molar-refractivity contribution < 1.29 is 18.0 Å². The van der Waals surface area contributed by atoms with Crippen LogP contribution in [-0.2, 0) is 19.6 Å². The highest BCUT2D eigenvalue weighted by atomic mass is 35.5. The number of imide groups is 1. The predicted octanol–water partition coefficient (Wildman–Crippen LogP) is 3.64. The molecule has 1 aromatic heterocycles. The maximum Gasteiger partial charge on any atom is 0.283 e. The Bertz CT molecular complexity index is 1410. The standard InChI is InChI=1S/C23H20ClN5O4S/c1-13-4-8-17(9-5-13)29-21(30)19(24)20(22(29)31)27-16-6-10-18(11-7-16)34(32,33)28-23-25-14(2)12-15(3)26-23/h4-12,27H,1-3H3,(H,25,26,28). The monoisotopic (exact) mass is 497 g/mol. The van der Waals surface area contributed by atoms with Crippen molar-refractivity contribution in [2.24, 2.45) is 0 Å². The summed E-state index contributed by atoms with van der Waals surface area (Å²) in [5, 5.41) is 2.57. The van der Waals surface area contributed by atoms with Crippen LogP contribution >= 0.6 is 11.6 Å². The topological polar surface area (TPSA) is 121 Å². The minimum Gasteiger partial charge on any atom is -0.350 e. The van der Waals surface area contributed by atoms with Gasteiger partial charge in [0.2, 0.25) is 5.95 Å². The summed E-state index contributed by atoms with van der Waals surface area (Å²) in [7, 11) is -3.94. The summed E-state index contributed by atoms with van der Waals surface area (Å²) < 4.78 is 27.8. The molecule has 0 aliphatic carbocycles. The lowest BCUT2D eigenvalue weighted by molar-refractivity contribution is -0.120. The predicted molar refractivity (Wildman–Crippen MR) is 129 cm³/mol. The quantitative estimate of drug-likeness (QED) is 0.498. The Labute approximate surface area is 201 Å². The third-order valence-corrected chi connectivity index (χ3v) is 6.66. The van der Waals surface area contributed by atoms with Gasteiger partial charge < -0.3 is 5.32 Å². The van der Waals surface area contributed by atoms with Gasteiger partial charge in [-0.25, -0.2) is 28.0 Å². The van der Waals surface area contributed by atoms with E-state index >= 15 is 0 Å². The van der Waals surface area contributed by atoms with Gasteiger partial charge in [0.05, 0.1) is 10.6 Å². The molecule has 3 aromatic rings. The first-order valence-corrected chi connectivity index (χ1v) is 12.0. The zero-order chi connectivity index (χ0) is 24.6. The van der Waals surface area contributed by atoms with Gasteiger partial charge in [0, 0.05) is 17.1 Å². The summed E-state index contributed by atoms with van der Waals surface area (Å²) in [5.74, 6) is -1.28. The number of aryl methyl sites for hydroxylation is 3. The van der Waals surface area contributed by atoms with E-state index in [2.05, 4.69) is 20.0 Å². The highest BCUT2D eigenvalue weighted by molar-refractivity contribution is 7.92. The molecule has 1 aliphatic rings. The van der Waals surface area contributed by atoms with Crippen molar-refractivity contribution in [2.45, 2.75) is 25.7 Å². The molecule has 2 N–H and O–H groups in total. The highest BCUT2D eigenvalue weighted by Crippen LogP contribution is 2.30. The number of nitrogens with one attached hydrogen (secondary N) is 2. The van der Waals surface area contributed by atoms with Gasteiger partial charge in [0.25, 0.3) is 21.8 Å². The Morgan fingerprint density at radius 1 is 0.853 bits per heavy atom. The molecular formula is C23H20ClN5O4S. The Hall–Kier alpha value is -3.76. The Balaban J connectivity index is 1.52. The van der Waals surface area contributed by atoms with Crippen molar-refractivity contribution in [2.75, 3.05) is 14.9 Å². The van der Waals surface area contributed by atoms with Crippen LogP contribution in [-0.4, -0.2) is 30.2 Å². The molecule has 2 heterocycles. The van der Waals surface area contributed by atoms with Crippen LogP contribution in [0.5, 0.6) is 0 Å². The Morgan fingerprint density at radius 3 is 2.03 bits per heavy atom. The number of nitrogens with zero attached hydrogens (tertiary/aromatic N) is 3. The number of hydrogen-bond acceptors (Lipinski definition) is 7. The van der Waals surface area contributed by atoms with Gasteiger partial charge in [-0.15, -0.1) is 0 Å². The molecule has 4 rings (SSSR count). The lowest BCUT2D eigenvalue weighted by atomic mass is 10.2. The van der Waals surface area contributed by atoms with Crippen molar-refractivity contribution in [1.82, 2.24) is 9.97 Å². The van der Waals surface area contributed by atoms with Gasteiger partial charge in [-0.2, -0.15) is 0 Å². The maximum absolute atomic E-state index is 12.9. The number of rotatable bonds is 6. The fourth-order valence-corrected chi connectivity index (χ4v) is 4.51. The molecule has 0 spiro atoms. The van der Waals surface area contributed by atoms with E-state index < -0.39 is 21.8 Å². The van der Waals surface area contributed by atoms with E-state index in [1.807, 2.05) is 6.92 Å². The second-order valence-electron chi connectivity index (χ2n) is 7.70. The highest BCUT2D eigenvalue weighted by Gasteiger charge is 2.38. The number of carbonyl (C=O) groups excluding carboxylic acids is 2. The third kappa shape index (κ3) is 4.63. The van der Waals surface area contributed by atoms with Crippen molar-refractivity contribution in [3.63, 3.8) is 0 Å². The smallest absolute Gasteiger partial charge is 0.283 e. The summed E-state index contributed by atoms with van der Waals surface area (Å²) in [6.07, 6.45) is 0. The van der Waals surface area contributed by atoms with Crippen LogP contribution in [0.15, 0.2) is 70.2 Å². The SMILES string of the molecule is Cc1ccc(N2C(=O)C(Cl)=C(Nc3ccc(S(=O)(=O)Nc4nc(C)cc(C)n4)cc3)C2=O)cc1. The summed E-state index contributed by atoms with van der Waals surface area (Å²) in [4.78, 5) is 34.6. The molecule has 0 radical (unpaired) electrons. The van der Waals surface area contributed by atoms with Gasteiger partial charge >= 0.3 is 0 Å². The average Bonchev–Trinajstić information content (AvgIpc) is 2.97. The van der Waals surface area contributed by atoms with Crippen LogP contribution in [0.25, 0.3) is 0 Å². The number of amides is 2. The molecule has 1 aliphatic heterocycles. The maximum atomic E-state index is 12.9. The molecule has 0 fully saturated rings. The molecule has 34 heavy (non-hydrogen) atoms. The van der Waals surface area contributed by atoms with Gasteiger partial charge in [-0.05, 0) is 63.2 Å². The first-order chi connectivity index (χ1) is 16.0. The molecule has 0 saturated carbocycles. The fourth-order valence-electron chi connectivity index (χ4n) is 3.35. The zero-order valence-electron chi connectivity index (χ0n) is 18.5. The number of halogens is 1. The minimum absolute atomic E-state index is 0.0251. The summed E-state index contributed by atoms with van der Waals surface area (Å²) in [6, 6.07) is 14.2. The van der Waals surface area contributed by atoms with Crippen LogP contribution < -0.4 is 14.9 Å². The third-order valence-electron chi connectivity index (χ3n) is 4.96. The molecule has 174 valence electrons. The fraction of sp³-hybridized carbons (Fsp3) is 0.130. The largest absolute Gasteiger partial charge is 0.350 e. The van der Waals surface area contributed by atoms with Crippen molar-refractivity contribution in [3.05, 3.63) is 82.3 Å². The normalized spacial score (nSPS) is 14.1. The number of sulfonamides is 1. The second-order valence-corrected chi connectivity index (χ2v) is 9.76. The van der Waals surface area contributed by atoms with E-state index in [1.54, 1.807) is 44.2 Å². The van der Waals surface area contributed by atoms with E-state index in [1.165, 1.54) is 24.3 Å². The number of anilines is 3. The van der Waals surface area contributed by atoms with Crippen molar-refractivity contribution in [3.8, 4) is 0 Å². The van der Waals surface area contributed by atoms with Crippen LogP contribution in [0.2, 0.25) is 0 Å². The number of carbonyl (C=O) groups is 2. The molecule has 0 saturated heterocycles. The van der Waals surface area contributed by atoms with Crippen LogP contribution in [0.3, 0.4) is 0 Å². The van der Waals surface area contributed by atoms with Crippen molar-refractivity contribution >= 4 is 50.8 Å². The van der Waals surface area contributed by atoms with Crippen LogP contribution in [0.4, 0.5) is 17.3 Å². The minimum atomic E-state index is -3.94. The molecule has 0 unspecified atom stereocenters. The van der Waals surface area contributed by atoms with E-state index in [0.29, 0.717) is 22.8 Å². The molecular weight excluding hydrogens is 478 g/mol. The molecule has 11 heteroatoms. The second kappa shape index (κ2) is 8.88.